The third kappa shape index (κ3) is 4.03. The van der Waals surface area contributed by atoms with Gasteiger partial charge in [-0.3, -0.25) is 15.0 Å². The number of H-pyrrole nitrogens is 1. The summed E-state index contributed by atoms with van der Waals surface area (Å²) in [6.07, 6.45) is 1.41. The molecule has 0 bridgehead atoms. The molecule has 9 heteroatoms. The van der Waals surface area contributed by atoms with Gasteiger partial charge in [-0.15, -0.1) is 0 Å². The number of nitro groups is 1. The maximum absolute atomic E-state index is 10.7. The Morgan fingerprint density at radius 2 is 2.00 bits per heavy atom. The van der Waals surface area contributed by atoms with E-state index in [1.807, 2.05) is 25.1 Å². The molecule has 0 spiro atoms. The van der Waals surface area contributed by atoms with E-state index < -0.39 is 4.92 Å². The van der Waals surface area contributed by atoms with Crippen molar-refractivity contribution >= 4 is 46.1 Å². The SMILES string of the molecule is Cc1c(Cl)cccc1NC(=S)N1CCN(c2ccc([N+](=O)[O-])c[nH+]2)CC1. The first kappa shape index (κ1) is 18.3. The molecule has 0 aliphatic carbocycles. The highest BCUT2D eigenvalue weighted by atomic mass is 35.5. The maximum Gasteiger partial charge on any atom is 0.308 e. The van der Waals surface area contributed by atoms with E-state index in [4.69, 9.17) is 23.8 Å². The topological polar surface area (TPSA) is 75.8 Å². The molecule has 2 heterocycles. The number of thiocarbonyl (C=S) groups is 1. The molecule has 136 valence electrons. The molecule has 26 heavy (non-hydrogen) atoms. The number of aromatic nitrogens is 1. The second-order valence-corrected chi connectivity index (χ2v) is 6.80. The summed E-state index contributed by atoms with van der Waals surface area (Å²) in [5, 5.41) is 15.4. The lowest BCUT2D eigenvalue weighted by Gasteiger charge is -2.33. The van der Waals surface area contributed by atoms with E-state index in [1.54, 1.807) is 6.07 Å². The fraction of sp³-hybridized carbons (Fsp3) is 0.294. The number of nitrogens with one attached hydrogen (secondary N) is 2. The zero-order chi connectivity index (χ0) is 18.7. The van der Waals surface area contributed by atoms with E-state index >= 15 is 0 Å². The van der Waals surface area contributed by atoms with Crippen LogP contribution >= 0.6 is 23.8 Å². The van der Waals surface area contributed by atoms with Crippen molar-refractivity contribution < 1.29 is 9.91 Å². The first-order chi connectivity index (χ1) is 12.5. The van der Waals surface area contributed by atoms with Gasteiger partial charge in [0.1, 0.15) is 13.1 Å². The van der Waals surface area contributed by atoms with Crippen molar-refractivity contribution in [3.05, 3.63) is 57.2 Å². The number of hydrogen-bond acceptors (Lipinski definition) is 4. The van der Waals surface area contributed by atoms with Gasteiger partial charge in [-0.2, -0.15) is 0 Å². The monoisotopic (exact) mass is 392 g/mol. The zero-order valence-corrected chi connectivity index (χ0v) is 15.8. The summed E-state index contributed by atoms with van der Waals surface area (Å²) >= 11 is 11.7. The number of rotatable bonds is 3. The Balaban J connectivity index is 1.58. The molecule has 1 aliphatic rings. The average molecular weight is 393 g/mol. The highest BCUT2D eigenvalue weighted by Gasteiger charge is 2.25. The second-order valence-electron chi connectivity index (χ2n) is 6.01. The maximum atomic E-state index is 10.7. The lowest BCUT2D eigenvalue weighted by molar-refractivity contribution is -0.414. The van der Waals surface area contributed by atoms with Crippen LogP contribution < -0.4 is 15.2 Å². The van der Waals surface area contributed by atoms with Gasteiger partial charge in [0.2, 0.25) is 0 Å². The Kier molecular flexibility index (Phi) is 5.53. The van der Waals surface area contributed by atoms with Crippen LogP contribution in [-0.4, -0.2) is 41.1 Å². The lowest BCUT2D eigenvalue weighted by atomic mass is 10.2. The number of benzene rings is 1. The van der Waals surface area contributed by atoms with Crippen LogP contribution in [0.15, 0.2) is 36.5 Å². The standard InChI is InChI=1S/C17H18ClN5O2S/c1-12-14(18)3-2-4-15(12)20-17(26)22-9-7-21(8-10-22)16-6-5-13(11-19-16)23(24)25/h2-6,11H,7-10H2,1H3,(H,20,26)/p+1. The first-order valence-electron chi connectivity index (χ1n) is 8.18. The van der Waals surface area contributed by atoms with Crippen molar-refractivity contribution in [1.29, 1.82) is 0 Å². The molecule has 1 fully saturated rings. The third-order valence-corrected chi connectivity index (χ3v) is 5.18. The Bertz CT molecular complexity index is 822. The van der Waals surface area contributed by atoms with Gasteiger partial charge >= 0.3 is 5.69 Å². The number of pyridine rings is 1. The summed E-state index contributed by atoms with van der Waals surface area (Å²) in [7, 11) is 0. The second kappa shape index (κ2) is 7.84. The molecular weight excluding hydrogens is 374 g/mol. The van der Waals surface area contributed by atoms with E-state index in [9.17, 15) is 10.1 Å². The predicted octanol–water partition coefficient (Wildman–Crippen LogP) is 2.89. The first-order valence-corrected chi connectivity index (χ1v) is 8.96. The average Bonchev–Trinajstić information content (AvgIpc) is 2.65. The van der Waals surface area contributed by atoms with Gasteiger partial charge in [-0.05, 0) is 36.8 Å². The van der Waals surface area contributed by atoms with E-state index in [0.717, 1.165) is 43.2 Å². The van der Waals surface area contributed by atoms with Crippen molar-refractivity contribution in [2.75, 3.05) is 36.4 Å². The number of anilines is 2. The van der Waals surface area contributed by atoms with Gasteiger partial charge in [-0.25, -0.2) is 4.98 Å². The lowest BCUT2D eigenvalue weighted by Crippen LogP contribution is -2.51. The van der Waals surface area contributed by atoms with Gasteiger partial charge in [0.15, 0.2) is 11.3 Å². The van der Waals surface area contributed by atoms with Gasteiger partial charge < -0.3 is 10.2 Å². The molecule has 7 nitrogen and oxygen atoms in total. The van der Waals surface area contributed by atoms with E-state index in [1.165, 1.54) is 12.3 Å². The molecule has 1 saturated heterocycles. The molecule has 3 rings (SSSR count). The van der Waals surface area contributed by atoms with Crippen molar-refractivity contribution in [3.63, 3.8) is 0 Å². The number of piperazine rings is 1. The molecule has 0 unspecified atom stereocenters. The molecule has 2 N–H and O–H groups in total. The molecule has 2 aromatic rings. The van der Waals surface area contributed by atoms with Crippen LogP contribution in [0, 0.1) is 17.0 Å². The van der Waals surface area contributed by atoms with Gasteiger partial charge in [-0.1, -0.05) is 17.7 Å². The Morgan fingerprint density at radius 1 is 1.27 bits per heavy atom. The van der Waals surface area contributed by atoms with Gasteiger partial charge in [0.05, 0.1) is 18.0 Å². The molecule has 1 aromatic heterocycles. The molecule has 0 amide bonds. The van der Waals surface area contributed by atoms with Crippen LogP contribution in [0.3, 0.4) is 0 Å². The molecule has 0 atom stereocenters. The van der Waals surface area contributed by atoms with E-state index in [-0.39, 0.29) is 5.69 Å². The summed E-state index contributed by atoms with van der Waals surface area (Å²) in [6.45, 7) is 5.01. The number of halogens is 1. The van der Waals surface area contributed by atoms with Crippen molar-refractivity contribution in [1.82, 2.24) is 4.90 Å². The van der Waals surface area contributed by atoms with Crippen LogP contribution in [0.1, 0.15) is 5.56 Å². The fourth-order valence-electron chi connectivity index (χ4n) is 2.81. The minimum atomic E-state index is -0.417. The summed E-state index contributed by atoms with van der Waals surface area (Å²) in [5.74, 6) is 0.861. The third-order valence-electron chi connectivity index (χ3n) is 4.41. The predicted molar refractivity (Wildman–Crippen MR) is 106 cm³/mol. The minimum Gasteiger partial charge on any atom is -0.341 e. The largest absolute Gasteiger partial charge is 0.341 e. The van der Waals surface area contributed by atoms with Crippen molar-refractivity contribution in [3.8, 4) is 0 Å². The molecule has 1 aliphatic heterocycles. The summed E-state index contributed by atoms with van der Waals surface area (Å²) in [5.41, 5.74) is 1.93. The van der Waals surface area contributed by atoms with Crippen LogP contribution in [0.2, 0.25) is 5.02 Å². The summed E-state index contributed by atoms with van der Waals surface area (Å²) in [6, 6.07) is 8.94. The number of aromatic amines is 1. The minimum absolute atomic E-state index is 0.0506. The Morgan fingerprint density at radius 3 is 2.62 bits per heavy atom. The van der Waals surface area contributed by atoms with Crippen LogP contribution in [0.25, 0.3) is 0 Å². The van der Waals surface area contributed by atoms with Gasteiger partial charge in [0.25, 0.3) is 5.82 Å². The Hall–Kier alpha value is -2.45. The number of nitrogens with zero attached hydrogens (tertiary/aromatic N) is 3. The van der Waals surface area contributed by atoms with E-state index in [2.05, 4.69) is 20.1 Å². The molecular formula is C17H19ClN5O2S+. The Labute approximate surface area is 161 Å². The molecule has 0 saturated carbocycles. The van der Waals surface area contributed by atoms with Gasteiger partial charge in [0, 0.05) is 22.8 Å². The highest BCUT2D eigenvalue weighted by Crippen LogP contribution is 2.23. The number of hydrogen-bond donors (Lipinski definition) is 1. The normalized spacial score (nSPS) is 14.2. The van der Waals surface area contributed by atoms with Crippen LogP contribution in [0.4, 0.5) is 17.2 Å². The van der Waals surface area contributed by atoms with Crippen LogP contribution in [-0.2, 0) is 0 Å². The molecule has 1 aromatic carbocycles. The van der Waals surface area contributed by atoms with E-state index in [0.29, 0.717) is 10.1 Å². The zero-order valence-electron chi connectivity index (χ0n) is 14.2. The summed E-state index contributed by atoms with van der Waals surface area (Å²) in [4.78, 5) is 17.6. The molecule has 0 radical (unpaired) electrons. The highest BCUT2D eigenvalue weighted by molar-refractivity contribution is 7.80. The quantitative estimate of drug-likeness (QED) is 0.491. The fourth-order valence-corrected chi connectivity index (χ4v) is 3.27. The van der Waals surface area contributed by atoms with Crippen molar-refractivity contribution in [2.45, 2.75) is 6.92 Å². The van der Waals surface area contributed by atoms with Crippen LogP contribution in [0.5, 0.6) is 0 Å². The smallest absolute Gasteiger partial charge is 0.308 e. The van der Waals surface area contributed by atoms with Crippen molar-refractivity contribution in [2.24, 2.45) is 0 Å². The summed E-state index contributed by atoms with van der Waals surface area (Å²) < 4.78 is 0.